The first-order valence-electron chi connectivity index (χ1n) is 5.56. The van der Waals surface area contributed by atoms with E-state index in [0.717, 1.165) is 20.1 Å². The van der Waals surface area contributed by atoms with Crippen molar-refractivity contribution in [1.29, 1.82) is 0 Å². The van der Waals surface area contributed by atoms with Gasteiger partial charge in [0.2, 0.25) is 0 Å². The smallest absolute Gasteiger partial charge is 0.0940 e. The third-order valence-corrected chi connectivity index (χ3v) is 3.85. The predicted molar refractivity (Wildman–Crippen MR) is 82.0 cm³/mol. The molecule has 0 amide bonds. The molecule has 0 fully saturated rings. The molecule has 94 valence electrons. The predicted octanol–water partition coefficient (Wildman–Crippen LogP) is 3.52. The van der Waals surface area contributed by atoms with Crippen LogP contribution in [0.1, 0.15) is 11.1 Å². The average molecular weight is 370 g/mol. The summed E-state index contributed by atoms with van der Waals surface area (Å²) in [7, 11) is 0. The SMILES string of the molecule is NC(N)(Cc1ccc(Br)cc1)c1ccc(Br)cc1. The molecule has 0 bridgehead atoms. The Balaban J connectivity index is 2.20. The first kappa shape index (κ1) is 13.7. The molecule has 0 heterocycles. The first-order valence-corrected chi connectivity index (χ1v) is 7.14. The van der Waals surface area contributed by atoms with Gasteiger partial charge < -0.3 is 11.5 Å². The molecule has 2 rings (SSSR count). The van der Waals surface area contributed by atoms with Crippen molar-refractivity contribution in [1.82, 2.24) is 0 Å². The molecule has 0 atom stereocenters. The van der Waals surface area contributed by atoms with Crippen LogP contribution in [0.2, 0.25) is 0 Å². The molecule has 0 spiro atoms. The molecule has 0 unspecified atom stereocenters. The number of halogens is 2. The third kappa shape index (κ3) is 3.42. The van der Waals surface area contributed by atoms with Crippen LogP contribution in [-0.2, 0) is 12.1 Å². The zero-order valence-corrected chi connectivity index (χ0v) is 12.9. The molecular formula is C14H14Br2N2. The molecule has 18 heavy (non-hydrogen) atoms. The highest BCUT2D eigenvalue weighted by Gasteiger charge is 2.22. The highest BCUT2D eigenvalue weighted by molar-refractivity contribution is 9.10. The van der Waals surface area contributed by atoms with Crippen LogP contribution in [0.4, 0.5) is 0 Å². The molecule has 2 aromatic rings. The van der Waals surface area contributed by atoms with Crippen LogP contribution in [0.25, 0.3) is 0 Å². The van der Waals surface area contributed by atoms with Crippen molar-refractivity contribution in [2.45, 2.75) is 12.1 Å². The van der Waals surface area contributed by atoms with Crippen LogP contribution < -0.4 is 11.5 Å². The molecule has 0 aromatic heterocycles. The lowest BCUT2D eigenvalue weighted by molar-refractivity contribution is 0.461. The second-order valence-electron chi connectivity index (χ2n) is 4.35. The Labute approximate surface area is 124 Å². The number of benzene rings is 2. The van der Waals surface area contributed by atoms with Gasteiger partial charge in [-0.1, -0.05) is 56.1 Å². The van der Waals surface area contributed by atoms with Crippen molar-refractivity contribution < 1.29 is 0 Å². The van der Waals surface area contributed by atoms with Gasteiger partial charge in [-0.15, -0.1) is 0 Å². The molecule has 2 aromatic carbocycles. The molecule has 0 saturated heterocycles. The number of hydrogen-bond acceptors (Lipinski definition) is 2. The molecule has 4 heteroatoms. The standard InChI is InChI=1S/C14H14Br2N2/c15-12-5-1-10(2-6-12)9-14(17,18)11-3-7-13(16)8-4-11/h1-8H,9,17-18H2. The summed E-state index contributed by atoms with van der Waals surface area (Å²) in [6.45, 7) is 0. The highest BCUT2D eigenvalue weighted by atomic mass is 79.9. The molecule has 0 radical (unpaired) electrons. The molecule has 0 aliphatic rings. The van der Waals surface area contributed by atoms with Gasteiger partial charge >= 0.3 is 0 Å². The van der Waals surface area contributed by atoms with Gasteiger partial charge in [-0.2, -0.15) is 0 Å². The normalized spacial score (nSPS) is 11.6. The maximum Gasteiger partial charge on any atom is 0.0940 e. The summed E-state index contributed by atoms with van der Waals surface area (Å²) < 4.78 is 2.07. The quantitative estimate of drug-likeness (QED) is 0.813. The van der Waals surface area contributed by atoms with E-state index >= 15 is 0 Å². The van der Waals surface area contributed by atoms with Crippen molar-refractivity contribution in [2.24, 2.45) is 11.5 Å². The van der Waals surface area contributed by atoms with E-state index < -0.39 is 5.66 Å². The zero-order valence-electron chi connectivity index (χ0n) is 9.74. The van der Waals surface area contributed by atoms with E-state index in [1.54, 1.807) is 0 Å². The molecular weight excluding hydrogens is 356 g/mol. The molecule has 2 nitrogen and oxygen atoms in total. The van der Waals surface area contributed by atoms with Crippen LogP contribution in [0.3, 0.4) is 0 Å². The van der Waals surface area contributed by atoms with E-state index in [9.17, 15) is 0 Å². The fourth-order valence-corrected chi connectivity index (χ4v) is 2.33. The Bertz CT molecular complexity index is 518. The van der Waals surface area contributed by atoms with Crippen LogP contribution in [0, 0.1) is 0 Å². The summed E-state index contributed by atoms with van der Waals surface area (Å²) >= 11 is 6.81. The van der Waals surface area contributed by atoms with Crippen molar-refractivity contribution in [3.63, 3.8) is 0 Å². The second-order valence-corrected chi connectivity index (χ2v) is 6.18. The second kappa shape index (κ2) is 5.53. The molecule has 0 aliphatic heterocycles. The van der Waals surface area contributed by atoms with E-state index in [1.807, 2.05) is 48.5 Å². The molecule has 4 N–H and O–H groups in total. The van der Waals surface area contributed by atoms with E-state index in [0.29, 0.717) is 6.42 Å². The average Bonchev–Trinajstić information content (AvgIpc) is 2.32. The van der Waals surface area contributed by atoms with Crippen molar-refractivity contribution in [2.75, 3.05) is 0 Å². The first-order chi connectivity index (χ1) is 8.47. The Morgan fingerprint density at radius 3 is 1.72 bits per heavy atom. The minimum Gasteiger partial charge on any atom is -0.309 e. The van der Waals surface area contributed by atoms with Gasteiger partial charge in [0.15, 0.2) is 0 Å². The van der Waals surface area contributed by atoms with Crippen molar-refractivity contribution in [3.8, 4) is 0 Å². The molecule has 0 aliphatic carbocycles. The van der Waals surface area contributed by atoms with E-state index in [1.165, 1.54) is 0 Å². The summed E-state index contributed by atoms with van der Waals surface area (Å²) in [6.07, 6.45) is 0.599. The van der Waals surface area contributed by atoms with Gasteiger partial charge in [0.25, 0.3) is 0 Å². The Morgan fingerprint density at radius 1 is 0.778 bits per heavy atom. The number of rotatable bonds is 3. The summed E-state index contributed by atoms with van der Waals surface area (Å²) in [5, 5.41) is 0. The maximum absolute atomic E-state index is 6.21. The number of nitrogens with two attached hydrogens (primary N) is 2. The Morgan fingerprint density at radius 2 is 1.22 bits per heavy atom. The molecule has 0 saturated carbocycles. The lowest BCUT2D eigenvalue weighted by atomic mass is 9.94. The van der Waals surface area contributed by atoms with Crippen molar-refractivity contribution >= 4 is 31.9 Å². The lowest BCUT2D eigenvalue weighted by Gasteiger charge is -2.25. The lowest BCUT2D eigenvalue weighted by Crippen LogP contribution is -2.48. The van der Waals surface area contributed by atoms with Crippen LogP contribution in [0.15, 0.2) is 57.5 Å². The third-order valence-electron chi connectivity index (χ3n) is 2.79. The Hall–Kier alpha value is -0.680. The van der Waals surface area contributed by atoms with E-state index in [-0.39, 0.29) is 0 Å². The van der Waals surface area contributed by atoms with Gasteiger partial charge in [0.1, 0.15) is 0 Å². The fraction of sp³-hybridized carbons (Fsp3) is 0.143. The van der Waals surface area contributed by atoms with Crippen molar-refractivity contribution in [3.05, 3.63) is 68.6 Å². The monoisotopic (exact) mass is 368 g/mol. The topological polar surface area (TPSA) is 52.0 Å². The van der Waals surface area contributed by atoms with Crippen LogP contribution in [-0.4, -0.2) is 0 Å². The van der Waals surface area contributed by atoms with Gasteiger partial charge in [0.05, 0.1) is 5.66 Å². The summed E-state index contributed by atoms with van der Waals surface area (Å²) in [5.41, 5.74) is 13.6. The minimum atomic E-state index is -0.853. The van der Waals surface area contributed by atoms with E-state index in [4.69, 9.17) is 11.5 Å². The number of hydrogen-bond donors (Lipinski definition) is 2. The van der Waals surface area contributed by atoms with Gasteiger partial charge in [-0.05, 0) is 35.4 Å². The summed E-state index contributed by atoms with van der Waals surface area (Å²) in [4.78, 5) is 0. The van der Waals surface area contributed by atoms with Crippen LogP contribution >= 0.6 is 31.9 Å². The van der Waals surface area contributed by atoms with E-state index in [2.05, 4.69) is 31.9 Å². The summed E-state index contributed by atoms with van der Waals surface area (Å²) in [5.74, 6) is 0. The van der Waals surface area contributed by atoms with Gasteiger partial charge in [-0.25, -0.2) is 0 Å². The van der Waals surface area contributed by atoms with Gasteiger partial charge in [0, 0.05) is 15.4 Å². The van der Waals surface area contributed by atoms with Gasteiger partial charge in [-0.3, -0.25) is 0 Å². The minimum absolute atomic E-state index is 0.599. The van der Waals surface area contributed by atoms with Crippen LogP contribution in [0.5, 0.6) is 0 Å². The Kier molecular flexibility index (Phi) is 4.22. The highest BCUT2D eigenvalue weighted by Crippen LogP contribution is 2.21. The summed E-state index contributed by atoms with van der Waals surface area (Å²) in [6, 6.07) is 15.8. The zero-order chi connectivity index (χ0) is 13.2. The maximum atomic E-state index is 6.21. The largest absolute Gasteiger partial charge is 0.309 e. The fourth-order valence-electron chi connectivity index (χ4n) is 1.80.